The highest BCUT2D eigenvalue weighted by Crippen LogP contribution is 2.35. The Balaban J connectivity index is 1.87. The molecule has 1 aliphatic carbocycles. The number of hydrogen-bond donors (Lipinski definition) is 2. The minimum Gasteiger partial charge on any atom is -0.467 e. The molecule has 7 heteroatoms. The minimum absolute atomic E-state index is 0.0400. The summed E-state index contributed by atoms with van der Waals surface area (Å²) >= 11 is 0. The summed E-state index contributed by atoms with van der Waals surface area (Å²) in [4.78, 5) is 37.1. The molecule has 6 nitrogen and oxygen atoms in total. The maximum Gasteiger partial charge on any atom is 0.331 e. The predicted octanol–water partition coefficient (Wildman–Crippen LogP) is 2.24. The van der Waals surface area contributed by atoms with E-state index >= 15 is 0 Å². The predicted molar refractivity (Wildman–Crippen MR) is 88.4 cm³/mol. The lowest BCUT2D eigenvalue weighted by Gasteiger charge is -2.37. The molecule has 0 saturated heterocycles. The Morgan fingerprint density at radius 3 is 2.68 bits per heavy atom. The monoisotopic (exact) mass is 348 g/mol. The van der Waals surface area contributed by atoms with E-state index in [-0.39, 0.29) is 12.3 Å². The van der Waals surface area contributed by atoms with Crippen LogP contribution in [0.2, 0.25) is 0 Å². The average Bonchev–Trinajstić information content (AvgIpc) is 2.60. The summed E-state index contributed by atoms with van der Waals surface area (Å²) in [5.74, 6) is -2.46. The van der Waals surface area contributed by atoms with Gasteiger partial charge in [-0.2, -0.15) is 0 Å². The van der Waals surface area contributed by atoms with Gasteiger partial charge in [0.1, 0.15) is 11.4 Å². The number of ether oxygens (including phenoxy) is 1. The van der Waals surface area contributed by atoms with E-state index in [4.69, 9.17) is 4.74 Å². The van der Waals surface area contributed by atoms with Crippen LogP contribution in [0.5, 0.6) is 0 Å². The molecule has 0 bridgehead atoms. The molecule has 134 valence electrons. The summed E-state index contributed by atoms with van der Waals surface area (Å²) in [6.07, 6.45) is 3.64. The maximum absolute atomic E-state index is 13.4. The standard InChI is InChI=1S/C18H21FN2O4/c1-25-17(24)18(7-3-2-4-8-18)21-16(23)13-10-15(22)20-14-9-11(19)5-6-12(13)14/h5-6,9,13H,2-4,7-8,10H2,1H3,(H,20,22)(H,21,23). The Morgan fingerprint density at radius 2 is 2.00 bits per heavy atom. The first-order chi connectivity index (χ1) is 11.9. The molecule has 1 atom stereocenters. The second-order valence-corrected chi connectivity index (χ2v) is 6.66. The molecule has 1 fully saturated rings. The zero-order valence-corrected chi connectivity index (χ0v) is 14.1. The Hall–Kier alpha value is -2.44. The highest BCUT2D eigenvalue weighted by Gasteiger charge is 2.44. The lowest BCUT2D eigenvalue weighted by Crippen LogP contribution is -2.57. The SMILES string of the molecule is COC(=O)C1(NC(=O)C2CC(=O)Nc3cc(F)ccc32)CCCCC1. The molecular formula is C18H21FN2O4. The van der Waals surface area contributed by atoms with Crippen molar-refractivity contribution in [2.45, 2.75) is 50.0 Å². The summed E-state index contributed by atoms with van der Waals surface area (Å²) < 4.78 is 18.3. The van der Waals surface area contributed by atoms with Crippen LogP contribution in [0.25, 0.3) is 0 Å². The van der Waals surface area contributed by atoms with Gasteiger partial charge in [0.25, 0.3) is 0 Å². The lowest BCUT2D eigenvalue weighted by atomic mass is 9.80. The summed E-state index contributed by atoms with van der Waals surface area (Å²) in [6, 6.07) is 3.96. The Kier molecular flexibility index (Phi) is 4.74. The molecule has 2 N–H and O–H groups in total. The highest BCUT2D eigenvalue weighted by atomic mass is 19.1. The Labute approximate surface area is 145 Å². The van der Waals surface area contributed by atoms with Crippen LogP contribution in [0.3, 0.4) is 0 Å². The van der Waals surface area contributed by atoms with Gasteiger partial charge < -0.3 is 15.4 Å². The molecule has 0 radical (unpaired) electrons. The van der Waals surface area contributed by atoms with Gasteiger partial charge in [0.05, 0.1) is 13.0 Å². The molecule has 1 aliphatic heterocycles. The fourth-order valence-electron chi connectivity index (χ4n) is 3.72. The van der Waals surface area contributed by atoms with Crippen molar-refractivity contribution >= 4 is 23.5 Å². The van der Waals surface area contributed by atoms with Crippen LogP contribution in [-0.2, 0) is 19.1 Å². The second-order valence-electron chi connectivity index (χ2n) is 6.66. The van der Waals surface area contributed by atoms with Crippen molar-refractivity contribution in [3.63, 3.8) is 0 Å². The fourth-order valence-corrected chi connectivity index (χ4v) is 3.72. The third-order valence-electron chi connectivity index (χ3n) is 5.02. The highest BCUT2D eigenvalue weighted by molar-refractivity contribution is 6.02. The minimum atomic E-state index is -1.04. The van der Waals surface area contributed by atoms with Crippen molar-refractivity contribution in [2.75, 3.05) is 12.4 Å². The van der Waals surface area contributed by atoms with E-state index in [1.165, 1.54) is 25.3 Å². The average molecular weight is 348 g/mol. The molecule has 3 rings (SSSR count). The number of carbonyl (C=O) groups is 3. The Bertz CT molecular complexity index is 713. The van der Waals surface area contributed by atoms with E-state index in [0.717, 1.165) is 19.3 Å². The lowest BCUT2D eigenvalue weighted by molar-refractivity contribution is -0.153. The van der Waals surface area contributed by atoms with E-state index in [0.29, 0.717) is 24.1 Å². The molecule has 2 amide bonds. The number of fused-ring (bicyclic) bond motifs is 1. The van der Waals surface area contributed by atoms with Gasteiger partial charge in [-0.15, -0.1) is 0 Å². The molecule has 0 spiro atoms. The van der Waals surface area contributed by atoms with Gasteiger partial charge in [-0.25, -0.2) is 9.18 Å². The first kappa shape index (κ1) is 17.4. The fraction of sp³-hybridized carbons (Fsp3) is 0.500. The summed E-state index contributed by atoms with van der Waals surface area (Å²) in [5, 5.41) is 5.42. The van der Waals surface area contributed by atoms with Crippen molar-refractivity contribution in [2.24, 2.45) is 0 Å². The van der Waals surface area contributed by atoms with E-state index in [1.807, 2.05) is 0 Å². The number of esters is 1. The zero-order chi connectivity index (χ0) is 18.0. The van der Waals surface area contributed by atoms with Crippen LogP contribution in [0.1, 0.15) is 50.0 Å². The largest absolute Gasteiger partial charge is 0.467 e. The van der Waals surface area contributed by atoms with Gasteiger partial charge in [-0.3, -0.25) is 9.59 Å². The molecular weight excluding hydrogens is 327 g/mol. The van der Waals surface area contributed by atoms with Crippen LogP contribution in [-0.4, -0.2) is 30.4 Å². The first-order valence-corrected chi connectivity index (χ1v) is 8.45. The van der Waals surface area contributed by atoms with Gasteiger partial charge in [-0.1, -0.05) is 25.3 Å². The number of methoxy groups -OCH3 is 1. The molecule has 1 aromatic rings. The van der Waals surface area contributed by atoms with Crippen LogP contribution < -0.4 is 10.6 Å². The van der Waals surface area contributed by atoms with Crippen molar-refractivity contribution in [3.05, 3.63) is 29.6 Å². The number of rotatable bonds is 3. The van der Waals surface area contributed by atoms with Gasteiger partial charge in [0.15, 0.2) is 0 Å². The summed E-state index contributed by atoms with van der Waals surface area (Å²) in [6.45, 7) is 0. The number of anilines is 1. The number of hydrogen-bond acceptors (Lipinski definition) is 4. The van der Waals surface area contributed by atoms with Crippen molar-refractivity contribution < 1.29 is 23.5 Å². The van der Waals surface area contributed by atoms with Crippen molar-refractivity contribution in [1.82, 2.24) is 5.32 Å². The second kappa shape index (κ2) is 6.82. The molecule has 2 aliphatic rings. The third-order valence-corrected chi connectivity index (χ3v) is 5.02. The third kappa shape index (κ3) is 3.36. The normalized spacial score (nSPS) is 21.7. The smallest absolute Gasteiger partial charge is 0.331 e. The van der Waals surface area contributed by atoms with Crippen molar-refractivity contribution in [1.29, 1.82) is 0 Å². The van der Waals surface area contributed by atoms with E-state index in [2.05, 4.69) is 10.6 Å². The van der Waals surface area contributed by atoms with E-state index in [1.54, 1.807) is 0 Å². The first-order valence-electron chi connectivity index (χ1n) is 8.45. The molecule has 0 aromatic heterocycles. The molecule has 25 heavy (non-hydrogen) atoms. The molecule has 1 saturated carbocycles. The van der Waals surface area contributed by atoms with Gasteiger partial charge >= 0.3 is 5.97 Å². The molecule has 1 aromatic carbocycles. The van der Waals surface area contributed by atoms with Crippen LogP contribution >= 0.6 is 0 Å². The van der Waals surface area contributed by atoms with Crippen LogP contribution in [0, 0.1) is 5.82 Å². The van der Waals surface area contributed by atoms with Crippen LogP contribution in [0.15, 0.2) is 18.2 Å². The van der Waals surface area contributed by atoms with E-state index in [9.17, 15) is 18.8 Å². The molecule has 1 unspecified atom stereocenters. The molecule has 1 heterocycles. The van der Waals surface area contributed by atoms with E-state index < -0.39 is 29.2 Å². The number of carbonyl (C=O) groups excluding carboxylic acids is 3. The number of benzene rings is 1. The van der Waals surface area contributed by atoms with Gasteiger partial charge in [0.2, 0.25) is 11.8 Å². The van der Waals surface area contributed by atoms with Crippen molar-refractivity contribution in [3.8, 4) is 0 Å². The Morgan fingerprint density at radius 1 is 1.28 bits per heavy atom. The number of amides is 2. The summed E-state index contributed by atoms with van der Waals surface area (Å²) in [5.41, 5.74) is -0.195. The number of halogens is 1. The topological polar surface area (TPSA) is 84.5 Å². The number of nitrogens with one attached hydrogen (secondary N) is 2. The van der Waals surface area contributed by atoms with Gasteiger partial charge in [-0.05, 0) is 30.5 Å². The quantitative estimate of drug-likeness (QED) is 0.821. The summed E-state index contributed by atoms with van der Waals surface area (Å²) in [7, 11) is 1.30. The van der Waals surface area contributed by atoms with Gasteiger partial charge in [0, 0.05) is 12.1 Å². The maximum atomic E-state index is 13.4. The van der Waals surface area contributed by atoms with Crippen LogP contribution in [0.4, 0.5) is 10.1 Å². The zero-order valence-electron chi connectivity index (χ0n) is 14.1.